The van der Waals surface area contributed by atoms with Crippen molar-refractivity contribution in [3.8, 4) is 0 Å². The van der Waals surface area contributed by atoms with Crippen LogP contribution in [0.2, 0.25) is 0 Å². The van der Waals surface area contributed by atoms with Crippen molar-refractivity contribution in [3.63, 3.8) is 0 Å². The fraction of sp³-hybridized carbons (Fsp3) is 0.318. The number of hydrogen-bond donors (Lipinski definition) is 1. The average Bonchev–Trinajstić information content (AvgIpc) is 3.05. The number of amides is 1. The largest absolute Gasteiger partial charge is 0.451 e. The molecule has 1 aliphatic rings. The quantitative estimate of drug-likeness (QED) is 0.658. The number of nitrogens with one attached hydrogen (secondary N) is 1. The van der Waals surface area contributed by atoms with Gasteiger partial charge in [0.05, 0.1) is 4.90 Å². The van der Waals surface area contributed by atoms with Gasteiger partial charge in [0.2, 0.25) is 10.0 Å². The van der Waals surface area contributed by atoms with Crippen molar-refractivity contribution >= 4 is 32.6 Å². The molecular weight excluding hydrogens is 407 g/mol. The molecule has 1 aliphatic heterocycles. The van der Waals surface area contributed by atoms with Gasteiger partial charge in [0.15, 0.2) is 5.76 Å². The molecule has 1 amide bonds. The van der Waals surface area contributed by atoms with Crippen molar-refractivity contribution in [1.29, 1.82) is 0 Å². The molecule has 1 fully saturated rings. The summed E-state index contributed by atoms with van der Waals surface area (Å²) < 4.78 is 46.2. The number of aryl methyl sites for hydroxylation is 1. The molecule has 6 nitrogen and oxygen atoms in total. The van der Waals surface area contributed by atoms with E-state index >= 15 is 0 Å². The molecule has 1 aromatic heterocycles. The van der Waals surface area contributed by atoms with Crippen LogP contribution >= 0.6 is 0 Å². The van der Waals surface area contributed by atoms with E-state index in [0.717, 1.165) is 12.8 Å². The van der Waals surface area contributed by atoms with Gasteiger partial charge in [-0.15, -0.1) is 0 Å². The highest BCUT2D eigenvalue weighted by atomic mass is 32.2. The molecule has 0 atom stereocenters. The van der Waals surface area contributed by atoms with Crippen LogP contribution in [0.1, 0.15) is 35.9 Å². The Morgan fingerprint density at radius 1 is 1.13 bits per heavy atom. The number of halogens is 1. The minimum atomic E-state index is -3.54. The molecule has 2 heterocycles. The van der Waals surface area contributed by atoms with Gasteiger partial charge < -0.3 is 9.73 Å². The normalized spacial score (nSPS) is 16.1. The maximum Gasteiger partial charge on any atom is 0.291 e. The van der Waals surface area contributed by atoms with Crippen LogP contribution in [0.25, 0.3) is 11.0 Å². The molecule has 0 bridgehead atoms. The van der Waals surface area contributed by atoms with Gasteiger partial charge in [-0.05, 0) is 68.1 Å². The standard InChI is InChI=1S/C22H23FN2O4S/c1-14-9-11-25(12-10-14)30(27,28)18-6-4-17(5-7-18)24-22(26)21-15(2)19-13-16(23)3-8-20(19)29-21/h3-8,13-14H,9-12H2,1-2H3,(H,24,26). The lowest BCUT2D eigenvalue weighted by molar-refractivity contribution is 0.0998. The number of carbonyl (C=O) groups excluding carboxylic acids is 1. The summed E-state index contributed by atoms with van der Waals surface area (Å²) in [4.78, 5) is 12.8. The summed E-state index contributed by atoms with van der Waals surface area (Å²) in [5.41, 5.74) is 1.41. The van der Waals surface area contributed by atoms with Crippen molar-refractivity contribution in [2.24, 2.45) is 5.92 Å². The molecule has 2 aromatic carbocycles. The van der Waals surface area contributed by atoms with E-state index in [4.69, 9.17) is 4.42 Å². The predicted molar refractivity (Wildman–Crippen MR) is 112 cm³/mol. The lowest BCUT2D eigenvalue weighted by Crippen LogP contribution is -2.37. The highest BCUT2D eigenvalue weighted by molar-refractivity contribution is 7.89. The lowest BCUT2D eigenvalue weighted by Gasteiger charge is -2.29. The van der Waals surface area contributed by atoms with Crippen molar-refractivity contribution in [2.45, 2.75) is 31.6 Å². The number of sulfonamides is 1. The Labute approximate surface area is 174 Å². The zero-order chi connectivity index (χ0) is 21.5. The number of furan rings is 1. The first-order valence-corrected chi connectivity index (χ1v) is 11.3. The number of anilines is 1. The second kappa shape index (κ2) is 7.85. The third-order valence-electron chi connectivity index (χ3n) is 5.60. The van der Waals surface area contributed by atoms with Crippen molar-refractivity contribution in [2.75, 3.05) is 18.4 Å². The Bertz CT molecular complexity index is 1190. The van der Waals surface area contributed by atoms with Crippen LogP contribution in [-0.4, -0.2) is 31.7 Å². The molecule has 0 saturated carbocycles. The number of benzene rings is 2. The number of piperidine rings is 1. The smallest absolute Gasteiger partial charge is 0.291 e. The predicted octanol–water partition coefficient (Wildman–Crippen LogP) is 4.55. The fourth-order valence-electron chi connectivity index (χ4n) is 3.68. The van der Waals surface area contributed by atoms with Crippen molar-refractivity contribution in [1.82, 2.24) is 4.31 Å². The van der Waals surface area contributed by atoms with Crippen LogP contribution in [-0.2, 0) is 10.0 Å². The number of fused-ring (bicyclic) bond motifs is 1. The lowest BCUT2D eigenvalue weighted by atomic mass is 10.0. The van der Waals surface area contributed by atoms with Gasteiger partial charge in [-0.2, -0.15) is 4.31 Å². The molecule has 30 heavy (non-hydrogen) atoms. The number of hydrogen-bond acceptors (Lipinski definition) is 4. The van der Waals surface area contributed by atoms with Crippen LogP contribution in [0, 0.1) is 18.7 Å². The fourth-order valence-corrected chi connectivity index (χ4v) is 5.15. The molecule has 1 saturated heterocycles. The molecule has 0 aliphatic carbocycles. The minimum absolute atomic E-state index is 0.0923. The molecule has 1 N–H and O–H groups in total. The molecule has 0 spiro atoms. The van der Waals surface area contributed by atoms with Crippen LogP contribution in [0.5, 0.6) is 0 Å². The molecule has 0 unspecified atom stereocenters. The summed E-state index contributed by atoms with van der Waals surface area (Å²) in [5.74, 6) is -0.259. The third-order valence-corrected chi connectivity index (χ3v) is 7.51. The Morgan fingerprint density at radius 3 is 2.47 bits per heavy atom. The van der Waals surface area contributed by atoms with E-state index in [1.54, 1.807) is 19.1 Å². The highest BCUT2D eigenvalue weighted by Gasteiger charge is 2.28. The van der Waals surface area contributed by atoms with Gasteiger partial charge in [-0.25, -0.2) is 12.8 Å². The second-order valence-corrected chi connectivity index (χ2v) is 9.70. The molecule has 4 rings (SSSR count). The first-order chi connectivity index (χ1) is 14.3. The summed E-state index contributed by atoms with van der Waals surface area (Å²) in [6, 6.07) is 10.2. The van der Waals surface area contributed by atoms with Gasteiger partial charge in [0.25, 0.3) is 5.91 Å². The summed E-state index contributed by atoms with van der Waals surface area (Å²) in [6.07, 6.45) is 1.71. The maximum absolute atomic E-state index is 13.5. The molecule has 3 aromatic rings. The number of rotatable bonds is 4. The SMILES string of the molecule is Cc1c(C(=O)Nc2ccc(S(=O)(=O)N3CCC(C)CC3)cc2)oc2ccc(F)cc12. The zero-order valence-corrected chi connectivity index (χ0v) is 17.6. The summed E-state index contributed by atoms with van der Waals surface area (Å²) in [5, 5.41) is 3.24. The van der Waals surface area contributed by atoms with Crippen LogP contribution in [0.4, 0.5) is 10.1 Å². The topological polar surface area (TPSA) is 79.6 Å². The van der Waals surface area contributed by atoms with E-state index in [1.807, 2.05) is 0 Å². The van der Waals surface area contributed by atoms with Gasteiger partial charge in [-0.1, -0.05) is 6.92 Å². The van der Waals surface area contributed by atoms with Gasteiger partial charge in [0.1, 0.15) is 11.4 Å². The summed E-state index contributed by atoms with van der Waals surface area (Å²) >= 11 is 0. The summed E-state index contributed by atoms with van der Waals surface area (Å²) in [6.45, 7) is 4.86. The minimum Gasteiger partial charge on any atom is -0.451 e. The summed E-state index contributed by atoms with van der Waals surface area (Å²) in [7, 11) is -3.54. The number of nitrogens with zero attached hydrogens (tertiary/aromatic N) is 1. The zero-order valence-electron chi connectivity index (χ0n) is 16.8. The monoisotopic (exact) mass is 430 g/mol. The first kappa shape index (κ1) is 20.6. The Kier molecular flexibility index (Phi) is 5.38. The van der Waals surface area contributed by atoms with Crippen molar-refractivity contribution < 1.29 is 22.0 Å². The Balaban J connectivity index is 1.51. The molecule has 158 valence electrons. The highest BCUT2D eigenvalue weighted by Crippen LogP contribution is 2.28. The maximum atomic E-state index is 13.5. The Hall–Kier alpha value is -2.71. The molecule has 8 heteroatoms. The van der Waals surface area contributed by atoms with Crippen molar-refractivity contribution in [3.05, 3.63) is 59.6 Å². The van der Waals surface area contributed by atoms with Gasteiger partial charge in [0, 0.05) is 29.7 Å². The molecule has 0 radical (unpaired) electrons. The van der Waals surface area contributed by atoms with Gasteiger partial charge >= 0.3 is 0 Å². The van der Waals surface area contributed by atoms with E-state index in [2.05, 4.69) is 12.2 Å². The van der Waals surface area contributed by atoms with E-state index in [1.165, 1.54) is 34.6 Å². The van der Waals surface area contributed by atoms with E-state index in [0.29, 0.717) is 41.2 Å². The average molecular weight is 431 g/mol. The van der Waals surface area contributed by atoms with Crippen LogP contribution < -0.4 is 5.32 Å². The molecular formula is C22H23FN2O4S. The first-order valence-electron chi connectivity index (χ1n) is 9.86. The second-order valence-electron chi connectivity index (χ2n) is 7.76. The van der Waals surface area contributed by atoms with E-state index in [9.17, 15) is 17.6 Å². The van der Waals surface area contributed by atoms with Gasteiger partial charge in [-0.3, -0.25) is 4.79 Å². The third kappa shape index (κ3) is 3.85. The number of carbonyl (C=O) groups is 1. The Morgan fingerprint density at radius 2 is 1.80 bits per heavy atom. The van der Waals surface area contributed by atoms with E-state index < -0.39 is 21.7 Å². The van der Waals surface area contributed by atoms with Crippen LogP contribution in [0.3, 0.4) is 0 Å². The van der Waals surface area contributed by atoms with Crippen LogP contribution in [0.15, 0.2) is 51.8 Å². The van der Waals surface area contributed by atoms with E-state index in [-0.39, 0.29) is 10.7 Å².